The first-order valence-corrected chi connectivity index (χ1v) is 6.72. The molecule has 0 spiro atoms. The Bertz CT molecular complexity index is 667. The van der Waals surface area contributed by atoms with Gasteiger partial charge in [-0.25, -0.2) is 0 Å². The zero-order chi connectivity index (χ0) is 14.1. The lowest BCUT2D eigenvalue weighted by molar-refractivity contribution is -0.384. The fraction of sp³-hybridized carbons (Fsp3) is 0.250. The summed E-state index contributed by atoms with van der Waals surface area (Å²) in [4.78, 5) is 10.3. The highest BCUT2D eigenvalue weighted by Crippen LogP contribution is 2.35. The maximum atomic E-state index is 10.7. The van der Waals surface area contributed by atoms with Crippen molar-refractivity contribution in [2.45, 2.75) is 19.3 Å². The van der Waals surface area contributed by atoms with Crippen molar-refractivity contribution >= 4 is 11.4 Å². The smallest absolute Gasteiger partial charge is 0.269 e. The second-order valence-corrected chi connectivity index (χ2v) is 5.24. The van der Waals surface area contributed by atoms with Gasteiger partial charge >= 0.3 is 0 Å². The van der Waals surface area contributed by atoms with Crippen molar-refractivity contribution < 1.29 is 4.92 Å². The van der Waals surface area contributed by atoms with Crippen LogP contribution in [0.5, 0.6) is 0 Å². The molecule has 1 aliphatic rings. The van der Waals surface area contributed by atoms with Gasteiger partial charge in [-0.05, 0) is 36.1 Å². The van der Waals surface area contributed by atoms with Crippen molar-refractivity contribution in [3.8, 4) is 0 Å². The van der Waals surface area contributed by atoms with Crippen LogP contribution in [0.1, 0.15) is 22.6 Å². The van der Waals surface area contributed by atoms with Gasteiger partial charge in [0.25, 0.3) is 5.69 Å². The molecule has 0 saturated heterocycles. The van der Waals surface area contributed by atoms with E-state index in [1.54, 1.807) is 18.2 Å². The van der Waals surface area contributed by atoms with E-state index < -0.39 is 0 Å². The Morgan fingerprint density at radius 3 is 2.80 bits per heavy atom. The zero-order valence-corrected chi connectivity index (χ0v) is 11.3. The van der Waals surface area contributed by atoms with Crippen LogP contribution in [0.2, 0.25) is 0 Å². The average Bonchev–Trinajstić information content (AvgIpc) is 2.41. The lowest BCUT2D eigenvalue weighted by Crippen LogP contribution is -2.24. The molecule has 1 aliphatic carbocycles. The molecule has 2 aromatic rings. The van der Waals surface area contributed by atoms with Crippen molar-refractivity contribution in [3.63, 3.8) is 0 Å². The number of hydrogen-bond acceptors (Lipinski definition) is 3. The number of rotatable bonds is 4. The van der Waals surface area contributed by atoms with Gasteiger partial charge in [-0.2, -0.15) is 0 Å². The Labute approximate surface area is 117 Å². The molecule has 2 aromatic carbocycles. The van der Waals surface area contributed by atoms with Gasteiger partial charge in [0, 0.05) is 30.3 Å². The van der Waals surface area contributed by atoms with Crippen LogP contribution in [0.25, 0.3) is 0 Å². The Balaban J connectivity index is 1.67. The molecule has 4 heteroatoms. The second kappa shape index (κ2) is 4.96. The fourth-order valence-electron chi connectivity index (χ4n) is 2.74. The summed E-state index contributed by atoms with van der Waals surface area (Å²) in [6, 6.07) is 13.4. The van der Waals surface area contributed by atoms with Crippen molar-refractivity contribution in [2.24, 2.45) is 0 Å². The molecule has 102 valence electrons. The van der Waals surface area contributed by atoms with E-state index in [0.29, 0.717) is 5.92 Å². The predicted octanol–water partition coefficient (Wildman–Crippen LogP) is 3.66. The topological polar surface area (TPSA) is 55.2 Å². The third kappa shape index (κ3) is 2.25. The number of non-ortho nitro benzene ring substituents is 1. The molecule has 0 amide bonds. The van der Waals surface area contributed by atoms with Crippen LogP contribution in [0, 0.1) is 17.0 Å². The molecule has 3 rings (SSSR count). The molecule has 20 heavy (non-hydrogen) atoms. The van der Waals surface area contributed by atoms with E-state index in [4.69, 9.17) is 0 Å². The minimum atomic E-state index is -0.362. The molecule has 0 bridgehead atoms. The number of nitrogens with one attached hydrogen (secondary N) is 1. The number of anilines is 1. The molecule has 1 unspecified atom stereocenters. The van der Waals surface area contributed by atoms with E-state index in [1.807, 2.05) is 6.92 Å². The number of nitrogens with zero attached hydrogens (tertiary/aromatic N) is 1. The molecule has 0 aromatic heterocycles. The highest BCUT2D eigenvalue weighted by atomic mass is 16.6. The average molecular weight is 268 g/mol. The van der Waals surface area contributed by atoms with Gasteiger partial charge in [0.1, 0.15) is 0 Å². The molecule has 0 heterocycles. The van der Waals surface area contributed by atoms with Crippen LogP contribution in [-0.4, -0.2) is 11.5 Å². The molecule has 0 saturated carbocycles. The standard InChI is InChI=1S/C16H16N2O2/c1-11-8-14(18(19)20)6-7-16(11)17-10-13-9-12-4-2-3-5-15(12)13/h2-8,13,17H,9-10H2,1H3. The van der Waals surface area contributed by atoms with Crippen molar-refractivity contribution in [1.82, 2.24) is 0 Å². The monoisotopic (exact) mass is 268 g/mol. The largest absolute Gasteiger partial charge is 0.384 e. The van der Waals surface area contributed by atoms with E-state index in [-0.39, 0.29) is 10.6 Å². The Hall–Kier alpha value is -2.36. The third-order valence-electron chi connectivity index (χ3n) is 3.92. The Kier molecular flexibility index (Phi) is 3.14. The first-order valence-electron chi connectivity index (χ1n) is 6.72. The van der Waals surface area contributed by atoms with E-state index in [9.17, 15) is 10.1 Å². The number of benzene rings is 2. The van der Waals surface area contributed by atoms with E-state index >= 15 is 0 Å². The summed E-state index contributed by atoms with van der Waals surface area (Å²) >= 11 is 0. The Morgan fingerprint density at radius 2 is 2.10 bits per heavy atom. The highest BCUT2D eigenvalue weighted by molar-refractivity contribution is 5.56. The lowest BCUT2D eigenvalue weighted by atomic mass is 9.77. The molecule has 1 atom stereocenters. The summed E-state index contributed by atoms with van der Waals surface area (Å²) < 4.78 is 0. The second-order valence-electron chi connectivity index (χ2n) is 5.24. The molecule has 0 aliphatic heterocycles. The van der Waals surface area contributed by atoms with Crippen LogP contribution in [0.4, 0.5) is 11.4 Å². The number of hydrogen-bond donors (Lipinski definition) is 1. The Morgan fingerprint density at radius 1 is 1.30 bits per heavy atom. The number of nitro groups is 1. The van der Waals surface area contributed by atoms with Gasteiger partial charge in [-0.3, -0.25) is 10.1 Å². The third-order valence-corrected chi connectivity index (χ3v) is 3.92. The molecule has 1 N–H and O–H groups in total. The SMILES string of the molecule is Cc1cc([N+](=O)[O-])ccc1NCC1Cc2ccccc21. The summed E-state index contributed by atoms with van der Waals surface area (Å²) in [7, 11) is 0. The van der Waals surface area contributed by atoms with Gasteiger partial charge in [0.2, 0.25) is 0 Å². The number of nitro benzene ring substituents is 1. The first-order chi connectivity index (χ1) is 9.65. The molecule has 0 fully saturated rings. The molecule has 4 nitrogen and oxygen atoms in total. The minimum absolute atomic E-state index is 0.141. The quantitative estimate of drug-likeness (QED) is 0.680. The summed E-state index contributed by atoms with van der Waals surface area (Å²) in [5, 5.41) is 14.1. The number of aryl methyl sites for hydroxylation is 1. The van der Waals surface area contributed by atoms with Crippen LogP contribution in [0.15, 0.2) is 42.5 Å². The van der Waals surface area contributed by atoms with E-state index in [2.05, 4.69) is 29.6 Å². The van der Waals surface area contributed by atoms with Gasteiger partial charge in [0.15, 0.2) is 0 Å². The van der Waals surface area contributed by atoms with Crippen molar-refractivity contribution in [1.29, 1.82) is 0 Å². The first kappa shape index (κ1) is 12.7. The van der Waals surface area contributed by atoms with Crippen molar-refractivity contribution in [3.05, 3.63) is 69.3 Å². The summed E-state index contributed by atoms with van der Waals surface area (Å²) in [6.07, 6.45) is 1.11. The van der Waals surface area contributed by atoms with Gasteiger partial charge in [0.05, 0.1) is 4.92 Å². The maximum Gasteiger partial charge on any atom is 0.269 e. The predicted molar refractivity (Wildman–Crippen MR) is 79.2 cm³/mol. The number of fused-ring (bicyclic) bond motifs is 1. The van der Waals surface area contributed by atoms with Crippen molar-refractivity contribution in [2.75, 3.05) is 11.9 Å². The van der Waals surface area contributed by atoms with E-state index in [1.165, 1.54) is 11.1 Å². The summed E-state index contributed by atoms with van der Waals surface area (Å²) in [6.45, 7) is 2.76. The normalized spacial score (nSPS) is 16.1. The van der Waals surface area contributed by atoms with E-state index in [0.717, 1.165) is 24.2 Å². The summed E-state index contributed by atoms with van der Waals surface area (Å²) in [5.74, 6) is 0.542. The zero-order valence-electron chi connectivity index (χ0n) is 11.3. The summed E-state index contributed by atoms with van der Waals surface area (Å²) in [5.41, 5.74) is 4.87. The van der Waals surface area contributed by atoms with Gasteiger partial charge in [-0.1, -0.05) is 24.3 Å². The van der Waals surface area contributed by atoms with Crippen LogP contribution >= 0.6 is 0 Å². The lowest BCUT2D eigenvalue weighted by Gasteiger charge is -2.30. The molecule has 0 radical (unpaired) electrons. The molecular weight excluding hydrogens is 252 g/mol. The van der Waals surface area contributed by atoms with Crippen LogP contribution in [-0.2, 0) is 6.42 Å². The van der Waals surface area contributed by atoms with Crippen LogP contribution in [0.3, 0.4) is 0 Å². The molecular formula is C16H16N2O2. The van der Waals surface area contributed by atoms with Crippen LogP contribution < -0.4 is 5.32 Å². The van der Waals surface area contributed by atoms with Gasteiger partial charge in [-0.15, -0.1) is 0 Å². The highest BCUT2D eigenvalue weighted by Gasteiger charge is 2.25. The minimum Gasteiger partial charge on any atom is -0.384 e. The maximum absolute atomic E-state index is 10.7. The fourth-order valence-corrected chi connectivity index (χ4v) is 2.74. The van der Waals surface area contributed by atoms with Gasteiger partial charge < -0.3 is 5.32 Å².